The van der Waals surface area contributed by atoms with E-state index < -0.39 is 5.97 Å². The summed E-state index contributed by atoms with van der Waals surface area (Å²) in [5.41, 5.74) is 2.27. The van der Waals surface area contributed by atoms with Crippen molar-refractivity contribution in [1.82, 2.24) is 9.97 Å². The molecule has 0 spiro atoms. The molecular formula is C12H7FN2O2S2. The smallest absolute Gasteiger partial charge is 0.353 e. The van der Waals surface area contributed by atoms with E-state index in [9.17, 15) is 14.3 Å². The van der Waals surface area contributed by atoms with Crippen molar-refractivity contribution in [1.29, 1.82) is 0 Å². The maximum absolute atomic E-state index is 13.2. The van der Waals surface area contributed by atoms with Gasteiger partial charge in [0.15, 0.2) is 0 Å². The molecule has 0 bridgehead atoms. The zero-order valence-electron chi connectivity index (χ0n) is 9.38. The van der Waals surface area contributed by atoms with Gasteiger partial charge < -0.3 is 10.1 Å². The summed E-state index contributed by atoms with van der Waals surface area (Å²) in [7, 11) is 0. The summed E-state index contributed by atoms with van der Waals surface area (Å²) in [6, 6.07) is 6.05. The quantitative estimate of drug-likeness (QED) is 0.774. The SMILES string of the molecule is O=C(O)c1[nH]c2ncsc2c1Sc1cccc(F)c1. The molecule has 3 aromatic rings. The van der Waals surface area contributed by atoms with E-state index >= 15 is 0 Å². The molecule has 7 heteroatoms. The Morgan fingerprint density at radius 1 is 1.47 bits per heavy atom. The highest BCUT2D eigenvalue weighted by Gasteiger charge is 2.20. The Bertz CT molecular complexity index is 766. The molecule has 0 fully saturated rings. The number of fused-ring (bicyclic) bond motifs is 1. The van der Waals surface area contributed by atoms with Gasteiger partial charge in [-0.3, -0.25) is 0 Å². The lowest BCUT2D eigenvalue weighted by Crippen LogP contribution is -1.98. The van der Waals surface area contributed by atoms with Crippen molar-refractivity contribution in [3.05, 3.63) is 41.3 Å². The maximum atomic E-state index is 13.2. The Morgan fingerprint density at radius 2 is 2.32 bits per heavy atom. The summed E-state index contributed by atoms with van der Waals surface area (Å²) in [4.78, 5) is 19.2. The van der Waals surface area contributed by atoms with Gasteiger partial charge in [0, 0.05) is 4.90 Å². The Labute approximate surface area is 115 Å². The number of carboxylic acid groups (broad SMARTS) is 1. The van der Waals surface area contributed by atoms with Gasteiger partial charge in [0.2, 0.25) is 0 Å². The topological polar surface area (TPSA) is 66.0 Å². The fourth-order valence-corrected chi connectivity index (χ4v) is 3.62. The third-order valence-electron chi connectivity index (χ3n) is 2.47. The number of thiazole rings is 1. The normalized spacial score (nSPS) is 11.0. The van der Waals surface area contributed by atoms with Crippen molar-refractivity contribution in [2.75, 3.05) is 0 Å². The molecule has 0 radical (unpaired) electrons. The lowest BCUT2D eigenvalue weighted by molar-refractivity contribution is 0.0688. The molecule has 3 rings (SSSR count). The highest BCUT2D eigenvalue weighted by molar-refractivity contribution is 7.99. The van der Waals surface area contributed by atoms with E-state index in [1.807, 2.05) is 0 Å². The van der Waals surface area contributed by atoms with Crippen molar-refractivity contribution in [2.24, 2.45) is 0 Å². The number of halogens is 1. The van der Waals surface area contributed by atoms with Crippen molar-refractivity contribution in [3.63, 3.8) is 0 Å². The molecule has 4 nitrogen and oxygen atoms in total. The molecule has 0 aliphatic carbocycles. The van der Waals surface area contributed by atoms with Crippen LogP contribution in [-0.4, -0.2) is 21.0 Å². The van der Waals surface area contributed by atoms with Crippen LogP contribution in [0.25, 0.3) is 10.3 Å². The predicted molar refractivity (Wildman–Crippen MR) is 71.5 cm³/mol. The van der Waals surface area contributed by atoms with E-state index in [2.05, 4.69) is 9.97 Å². The third kappa shape index (κ3) is 2.22. The molecule has 0 amide bonds. The van der Waals surface area contributed by atoms with E-state index in [1.54, 1.807) is 17.6 Å². The average Bonchev–Trinajstić information content (AvgIpc) is 2.92. The Morgan fingerprint density at radius 3 is 3.05 bits per heavy atom. The average molecular weight is 294 g/mol. The van der Waals surface area contributed by atoms with E-state index in [0.29, 0.717) is 15.4 Å². The summed E-state index contributed by atoms with van der Waals surface area (Å²) >= 11 is 2.57. The number of benzene rings is 1. The van der Waals surface area contributed by atoms with Gasteiger partial charge in [0.05, 0.1) is 15.1 Å². The number of aromatic carboxylic acids is 1. The van der Waals surface area contributed by atoms with Crippen LogP contribution in [0.2, 0.25) is 0 Å². The standard InChI is InChI=1S/C12H7FN2O2S2/c13-6-2-1-3-7(4-6)19-9-8(12(16)17)15-11-10(9)18-5-14-11/h1-5,15H,(H,16,17). The minimum atomic E-state index is -1.05. The van der Waals surface area contributed by atoms with Crippen LogP contribution < -0.4 is 0 Å². The van der Waals surface area contributed by atoms with Crippen LogP contribution in [0, 0.1) is 5.82 Å². The lowest BCUT2D eigenvalue weighted by Gasteiger charge is -2.01. The summed E-state index contributed by atoms with van der Waals surface area (Å²) in [5, 5.41) is 9.18. The van der Waals surface area contributed by atoms with Crippen molar-refractivity contribution in [2.45, 2.75) is 9.79 Å². The van der Waals surface area contributed by atoms with Crippen LogP contribution in [-0.2, 0) is 0 Å². The van der Waals surface area contributed by atoms with Crippen LogP contribution in [0.4, 0.5) is 4.39 Å². The molecule has 1 aromatic carbocycles. The van der Waals surface area contributed by atoms with Gasteiger partial charge >= 0.3 is 5.97 Å². The maximum Gasteiger partial charge on any atom is 0.353 e. The van der Waals surface area contributed by atoms with Crippen LogP contribution in [0.15, 0.2) is 39.6 Å². The molecule has 2 aromatic heterocycles. The molecule has 19 heavy (non-hydrogen) atoms. The minimum Gasteiger partial charge on any atom is -0.477 e. The number of aromatic nitrogens is 2. The van der Waals surface area contributed by atoms with Crippen molar-refractivity contribution < 1.29 is 14.3 Å². The summed E-state index contributed by atoms with van der Waals surface area (Å²) < 4.78 is 13.9. The van der Waals surface area contributed by atoms with Gasteiger partial charge in [-0.2, -0.15) is 0 Å². The fraction of sp³-hybridized carbons (Fsp3) is 0. The first-order valence-corrected chi connectivity index (χ1v) is 6.96. The zero-order chi connectivity index (χ0) is 13.4. The molecule has 96 valence electrons. The zero-order valence-corrected chi connectivity index (χ0v) is 11.0. The summed E-state index contributed by atoms with van der Waals surface area (Å²) in [5.74, 6) is -1.40. The van der Waals surface area contributed by atoms with E-state index in [1.165, 1.54) is 35.2 Å². The number of aromatic amines is 1. The Balaban J connectivity index is 2.10. The first kappa shape index (κ1) is 12.2. The second-order valence-electron chi connectivity index (χ2n) is 3.72. The van der Waals surface area contributed by atoms with Crippen molar-refractivity contribution in [3.8, 4) is 0 Å². The Hall–Kier alpha value is -1.86. The number of carboxylic acids is 1. The minimum absolute atomic E-state index is 0.0867. The van der Waals surface area contributed by atoms with E-state index in [4.69, 9.17) is 0 Å². The number of carbonyl (C=O) groups is 1. The largest absolute Gasteiger partial charge is 0.477 e. The highest BCUT2D eigenvalue weighted by Crippen LogP contribution is 2.38. The molecule has 0 aliphatic heterocycles. The number of H-pyrrole nitrogens is 1. The van der Waals surface area contributed by atoms with Gasteiger partial charge in [0.1, 0.15) is 17.2 Å². The van der Waals surface area contributed by atoms with E-state index in [-0.39, 0.29) is 11.5 Å². The molecule has 0 saturated carbocycles. The summed E-state index contributed by atoms with van der Waals surface area (Å²) in [6.45, 7) is 0. The molecule has 0 atom stereocenters. The van der Waals surface area contributed by atoms with Crippen LogP contribution in [0.5, 0.6) is 0 Å². The first-order valence-electron chi connectivity index (χ1n) is 5.27. The summed E-state index contributed by atoms with van der Waals surface area (Å²) in [6.07, 6.45) is 0. The van der Waals surface area contributed by atoms with E-state index in [0.717, 1.165) is 4.70 Å². The second kappa shape index (κ2) is 4.67. The molecule has 0 unspecified atom stereocenters. The monoisotopic (exact) mass is 294 g/mol. The van der Waals surface area contributed by atoms with Gasteiger partial charge in [-0.05, 0) is 18.2 Å². The van der Waals surface area contributed by atoms with Crippen LogP contribution in [0.3, 0.4) is 0 Å². The fourth-order valence-electron chi connectivity index (χ4n) is 1.68. The number of rotatable bonds is 3. The van der Waals surface area contributed by atoms with Crippen molar-refractivity contribution >= 4 is 39.4 Å². The van der Waals surface area contributed by atoms with Gasteiger partial charge in [-0.1, -0.05) is 17.8 Å². The van der Waals surface area contributed by atoms with Crippen LogP contribution in [0.1, 0.15) is 10.5 Å². The van der Waals surface area contributed by atoms with Crippen LogP contribution >= 0.6 is 23.1 Å². The predicted octanol–water partition coefficient (Wildman–Crippen LogP) is 3.61. The van der Waals surface area contributed by atoms with Gasteiger partial charge in [0.25, 0.3) is 0 Å². The first-order chi connectivity index (χ1) is 9.15. The number of hydrogen-bond acceptors (Lipinski definition) is 4. The number of nitrogens with zero attached hydrogens (tertiary/aromatic N) is 1. The van der Waals surface area contributed by atoms with Gasteiger partial charge in [-0.15, -0.1) is 11.3 Å². The lowest BCUT2D eigenvalue weighted by atomic mass is 10.3. The second-order valence-corrected chi connectivity index (χ2v) is 5.66. The Kier molecular flexibility index (Phi) is 3.00. The molecule has 2 heterocycles. The number of nitrogens with one attached hydrogen (secondary N) is 1. The number of hydrogen-bond donors (Lipinski definition) is 2. The molecule has 2 N–H and O–H groups in total. The van der Waals surface area contributed by atoms with Gasteiger partial charge in [-0.25, -0.2) is 14.2 Å². The molecular weight excluding hydrogens is 287 g/mol. The highest BCUT2D eigenvalue weighted by atomic mass is 32.2. The molecule has 0 saturated heterocycles. The molecule has 0 aliphatic rings. The third-order valence-corrected chi connectivity index (χ3v) is 4.55.